The van der Waals surface area contributed by atoms with Gasteiger partial charge in [-0.3, -0.25) is 4.68 Å². The molecule has 1 aromatic heterocycles. The van der Waals surface area contributed by atoms with Crippen LogP contribution in [-0.2, 0) is 23.1 Å². The minimum atomic E-state index is 0.279. The number of aryl methyl sites for hydroxylation is 2. The van der Waals surface area contributed by atoms with Crippen molar-refractivity contribution in [1.29, 1.82) is 0 Å². The van der Waals surface area contributed by atoms with E-state index in [2.05, 4.69) is 24.3 Å². The van der Waals surface area contributed by atoms with Crippen molar-refractivity contribution in [2.45, 2.75) is 32.9 Å². The van der Waals surface area contributed by atoms with Crippen molar-refractivity contribution in [1.82, 2.24) is 15.1 Å². The highest BCUT2D eigenvalue weighted by Gasteiger charge is 2.14. The number of nitrogens with zero attached hydrogens (tertiary/aromatic N) is 2. The van der Waals surface area contributed by atoms with Crippen LogP contribution in [0.2, 0.25) is 0 Å². The Morgan fingerprint density at radius 3 is 2.88 bits per heavy atom. The Morgan fingerprint density at radius 2 is 2.29 bits per heavy atom. The second kappa shape index (κ2) is 5.62. The summed E-state index contributed by atoms with van der Waals surface area (Å²) in [6, 6.07) is 0. The molecule has 0 saturated carbocycles. The maximum absolute atomic E-state index is 5.48. The molecule has 1 aromatic rings. The molecule has 0 spiro atoms. The van der Waals surface area contributed by atoms with Crippen LogP contribution in [0, 0.1) is 13.8 Å². The van der Waals surface area contributed by atoms with Crippen molar-refractivity contribution < 1.29 is 9.47 Å². The number of ether oxygens (including phenoxy) is 2. The van der Waals surface area contributed by atoms with Gasteiger partial charge < -0.3 is 14.8 Å². The van der Waals surface area contributed by atoms with E-state index < -0.39 is 0 Å². The third kappa shape index (κ3) is 3.06. The molecule has 0 radical (unpaired) electrons. The summed E-state index contributed by atoms with van der Waals surface area (Å²) in [5.41, 5.74) is 3.62. The molecule has 0 aliphatic carbocycles. The van der Waals surface area contributed by atoms with E-state index in [1.165, 1.54) is 11.3 Å². The molecule has 1 N–H and O–H groups in total. The monoisotopic (exact) mass is 239 g/mol. The maximum Gasteiger partial charge on any atom is 0.147 e. The van der Waals surface area contributed by atoms with E-state index in [9.17, 15) is 0 Å². The van der Waals surface area contributed by atoms with Gasteiger partial charge in [-0.25, -0.2) is 0 Å². The summed E-state index contributed by atoms with van der Waals surface area (Å²) in [6.45, 7) is 7.11. The van der Waals surface area contributed by atoms with Gasteiger partial charge in [0.15, 0.2) is 0 Å². The van der Waals surface area contributed by atoms with Gasteiger partial charge in [-0.2, -0.15) is 5.10 Å². The van der Waals surface area contributed by atoms with E-state index in [0.717, 1.165) is 31.8 Å². The Labute approximate surface area is 102 Å². The normalized spacial score (nSPS) is 20.8. The molecule has 1 saturated heterocycles. The fraction of sp³-hybridized carbons (Fsp3) is 0.750. The average molecular weight is 239 g/mol. The summed E-state index contributed by atoms with van der Waals surface area (Å²) in [4.78, 5) is 0. The van der Waals surface area contributed by atoms with E-state index in [1.807, 2.05) is 11.7 Å². The summed E-state index contributed by atoms with van der Waals surface area (Å²) in [7, 11) is 1.98. The maximum atomic E-state index is 5.48. The third-order valence-electron chi connectivity index (χ3n) is 3.30. The lowest BCUT2D eigenvalue weighted by Crippen LogP contribution is -2.33. The third-order valence-corrected chi connectivity index (χ3v) is 3.30. The first-order valence-corrected chi connectivity index (χ1v) is 6.07. The van der Waals surface area contributed by atoms with Gasteiger partial charge in [0.05, 0.1) is 18.4 Å². The van der Waals surface area contributed by atoms with Crippen LogP contribution in [0.25, 0.3) is 0 Å². The highest BCUT2D eigenvalue weighted by molar-refractivity contribution is 5.23. The predicted molar refractivity (Wildman–Crippen MR) is 64.7 cm³/mol. The summed E-state index contributed by atoms with van der Waals surface area (Å²) >= 11 is 0. The fourth-order valence-electron chi connectivity index (χ4n) is 2.09. The molecule has 0 amide bonds. The highest BCUT2D eigenvalue weighted by atomic mass is 16.7. The molecule has 0 bridgehead atoms. The van der Waals surface area contributed by atoms with Crippen molar-refractivity contribution in [3.05, 3.63) is 17.0 Å². The van der Waals surface area contributed by atoms with E-state index in [-0.39, 0.29) is 6.10 Å². The molecule has 5 heteroatoms. The highest BCUT2D eigenvalue weighted by Crippen LogP contribution is 2.11. The van der Waals surface area contributed by atoms with Crippen molar-refractivity contribution in [2.75, 3.05) is 19.9 Å². The Morgan fingerprint density at radius 1 is 1.47 bits per heavy atom. The lowest BCUT2D eigenvalue weighted by molar-refractivity contribution is -0.137. The second-order valence-electron chi connectivity index (χ2n) is 4.51. The van der Waals surface area contributed by atoms with Crippen LogP contribution in [0.5, 0.6) is 0 Å². The standard InChI is InChI=1S/C12H21N3O2/c1-9-12(10(2)15(3)14-9)7-13-6-11-4-5-16-8-17-11/h11,13H,4-8H2,1-3H3. The number of rotatable bonds is 4. The van der Waals surface area contributed by atoms with Crippen LogP contribution < -0.4 is 5.32 Å². The Hall–Kier alpha value is -0.910. The van der Waals surface area contributed by atoms with E-state index in [1.54, 1.807) is 0 Å². The number of aromatic nitrogens is 2. The Balaban J connectivity index is 1.81. The lowest BCUT2D eigenvalue weighted by Gasteiger charge is -2.23. The Kier molecular flexibility index (Phi) is 4.15. The quantitative estimate of drug-likeness (QED) is 0.847. The number of hydrogen-bond acceptors (Lipinski definition) is 4. The molecule has 17 heavy (non-hydrogen) atoms. The summed E-state index contributed by atoms with van der Waals surface area (Å²) in [6.07, 6.45) is 1.25. The molecular formula is C12H21N3O2. The van der Waals surface area contributed by atoms with Crippen LogP contribution >= 0.6 is 0 Å². The van der Waals surface area contributed by atoms with Gasteiger partial charge in [-0.1, -0.05) is 0 Å². The van der Waals surface area contributed by atoms with E-state index in [0.29, 0.717) is 6.79 Å². The zero-order valence-corrected chi connectivity index (χ0v) is 10.8. The molecule has 96 valence electrons. The molecule has 1 aliphatic rings. The first kappa shape index (κ1) is 12.5. The molecule has 0 aromatic carbocycles. The topological polar surface area (TPSA) is 48.3 Å². The predicted octanol–water partition coefficient (Wildman–Crippen LogP) is 0.890. The van der Waals surface area contributed by atoms with Crippen LogP contribution in [0.4, 0.5) is 0 Å². The van der Waals surface area contributed by atoms with Crippen LogP contribution in [-0.4, -0.2) is 35.8 Å². The molecule has 1 fully saturated rings. The lowest BCUT2D eigenvalue weighted by atomic mass is 10.2. The van der Waals surface area contributed by atoms with Gasteiger partial charge in [0, 0.05) is 31.4 Å². The van der Waals surface area contributed by atoms with Crippen LogP contribution in [0.1, 0.15) is 23.4 Å². The van der Waals surface area contributed by atoms with Gasteiger partial charge in [-0.15, -0.1) is 0 Å². The van der Waals surface area contributed by atoms with Crippen molar-refractivity contribution in [3.8, 4) is 0 Å². The van der Waals surface area contributed by atoms with Crippen LogP contribution in [0.3, 0.4) is 0 Å². The largest absolute Gasteiger partial charge is 0.355 e. The van der Waals surface area contributed by atoms with Crippen molar-refractivity contribution in [2.24, 2.45) is 7.05 Å². The molecule has 5 nitrogen and oxygen atoms in total. The fourth-order valence-corrected chi connectivity index (χ4v) is 2.09. The zero-order valence-electron chi connectivity index (χ0n) is 10.8. The van der Waals surface area contributed by atoms with Gasteiger partial charge in [0.2, 0.25) is 0 Å². The minimum absolute atomic E-state index is 0.279. The number of nitrogens with one attached hydrogen (secondary N) is 1. The molecule has 2 rings (SSSR count). The summed E-state index contributed by atoms with van der Waals surface area (Å²) in [5.74, 6) is 0. The summed E-state index contributed by atoms with van der Waals surface area (Å²) < 4.78 is 12.5. The molecule has 1 unspecified atom stereocenters. The van der Waals surface area contributed by atoms with E-state index in [4.69, 9.17) is 9.47 Å². The minimum Gasteiger partial charge on any atom is -0.355 e. The average Bonchev–Trinajstić information content (AvgIpc) is 2.57. The summed E-state index contributed by atoms with van der Waals surface area (Å²) in [5, 5.41) is 7.83. The number of hydrogen-bond donors (Lipinski definition) is 1. The first-order valence-electron chi connectivity index (χ1n) is 6.07. The van der Waals surface area contributed by atoms with Crippen molar-refractivity contribution >= 4 is 0 Å². The molecule has 1 aliphatic heterocycles. The Bertz CT molecular complexity index is 370. The van der Waals surface area contributed by atoms with Gasteiger partial charge in [-0.05, 0) is 20.3 Å². The smallest absolute Gasteiger partial charge is 0.147 e. The SMILES string of the molecule is Cc1nn(C)c(C)c1CNCC1CCOCO1. The van der Waals surface area contributed by atoms with Gasteiger partial charge in [0.1, 0.15) is 6.79 Å². The van der Waals surface area contributed by atoms with Gasteiger partial charge in [0.25, 0.3) is 0 Å². The van der Waals surface area contributed by atoms with Crippen molar-refractivity contribution in [3.63, 3.8) is 0 Å². The van der Waals surface area contributed by atoms with Crippen LogP contribution in [0.15, 0.2) is 0 Å². The first-order chi connectivity index (χ1) is 8.18. The van der Waals surface area contributed by atoms with Gasteiger partial charge >= 0.3 is 0 Å². The molecular weight excluding hydrogens is 218 g/mol. The molecule has 2 heterocycles. The molecule has 1 atom stereocenters. The second-order valence-corrected chi connectivity index (χ2v) is 4.51. The zero-order chi connectivity index (χ0) is 12.3. The van der Waals surface area contributed by atoms with E-state index >= 15 is 0 Å².